The van der Waals surface area contributed by atoms with Gasteiger partial charge in [-0.25, -0.2) is 9.86 Å². The van der Waals surface area contributed by atoms with E-state index in [1.54, 1.807) is 0 Å². The smallest absolute Gasteiger partial charge is 0.338 e. The van der Waals surface area contributed by atoms with Crippen LogP contribution in [0.5, 0.6) is 5.75 Å². The standard InChI is InChI=1S/C34H42N4O9/c1-4-6-8-13-27(28(5-2)38(22-39)46-19-23-11-9-7-10-12-23)32(41)36-21-37-33(42)30-15-14-29(47-30)24-16-25(34(43)44-3)18-26(17-24)45-20-31(35)40/h7,9-12,14-18,22,27-28H,4-6,8,13,19-21H2,1-3H3,(H2,35,40)(H,36,41)(H,37,42)/t27?,28-/m1/s1. The van der Waals surface area contributed by atoms with Crippen molar-refractivity contribution in [3.8, 4) is 17.1 Å². The summed E-state index contributed by atoms with van der Waals surface area (Å²) in [5, 5.41) is 6.59. The minimum absolute atomic E-state index is 0.0512. The van der Waals surface area contributed by atoms with Gasteiger partial charge in [0.1, 0.15) is 18.1 Å². The highest BCUT2D eigenvalue weighted by molar-refractivity contribution is 5.93. The number of nitrogens with zero attached hydrogens (tertiary/aromatic N) is 1. The summed E-state index contributed by atoms with van der Waals surface area (Å²) in [6.07, 6.45) is 4.27. The van der Waals surface area contributed by atoms with E-state index in [1.165, 1.54) is 42.5 Å². The average Bonchev–Trinajstić information content (AvgIpc) is 3.59. The molecule has 0 spiro atoms. The molecule has 1 aromatic heterocycles. The van der Waals surface area contributed by atoms with Crippen LogP contribution in [0, 0.1) is 5.92 Å². The van der Waals surface area contributed by atoms with Crippen LogP contribution in [-0.2, 0) is 30.6 Å². The highest BCUT2D eigenvalue weighted by Gasteiger charge is 2.32. The Kier molecular flexibility index (Phi) is 14.5. The molecule has 0 bridgehead atoms. The van der Waals surface area contributed by atoms with Gasteiger partial charge in [0.05, 0.1) is 31.3 Å². The lowest BCUT2D eigenvalue weighted by molar-refractivity contribution is -0.200. The van der Waals surface area contributed by atoms with Crippen molar-refractivity contribution < 1.29 is 42.7 Å². The van der Waals surface area contributed by atoms with Crippen LogP contribution in [0.3, 0.4) is 0 Å². The fourth-order valence-electron chi connectivity index (χ4n) is 4.94. The average molecular weight is 651 g/mol. The summed E-state index contributed by atoms with van der Waals surface area (Å²) in [6.45, 7) is 3.53. The highest BCUT2D eigenvalue weighted by Crippen LogP contribution is 2.28. The third-order valence-corrected chi connectivity index (χ3v) is 7.33. The van der Waals surface area contributed by atoms with E-state index in [-0.39, 0.29) is 42.0 Å². The number of hydroxylamine groups is 2. The van der Waals surface area contributed by atoms with Crippen molar-refractivity contribution in [3.05, 3.63) is 77.6 Å². The first kappa shape index (κ1) is 36.3. The van der Waals surface area contributed by atoms with Crippen molar-refractivity contribution in [2.45, 2.75) is 58.6 Å². The molecule has 0 radical (unpaired) electrons. The second-order valence-electron chi connectivity index (χ2n) is 10.7. The van der Waals surface area contributed by atoms with Gasteiger partial charge in [0, 0.05) is 5.56 Å². The van der Waals surface area contributed by atoms with Gasteiger partial charge in [-0.15, -0.1) is 0 Å². The number of furan rings is 1. The number of methoxy groups -OCH3 is 1. The zero-order valence-corrected chi connectivity index (χ0v) is 26.9. The lowest BCUT2D eigenvalue weighted by Crippen LogP contribution is -2.48. The van der Waals surface area contributed by atoms with Crippen molar-refractivity contribution in [3.63, 3.8) is 0 Å². The molecular weight excluding hydrogens is 608 g/mol. The highest BCUT2D eigenvalue weighted by atomic mass is 16.7. The fourth-order valence-corrected chi connectivity index (χ4v) is 4.94. The molecule has 1 unspecified atom stereocenters. The van der Waals surface area contributed by atoms with Crippen LogP contribution in [0.1, 0.15) is 72.4 Å². The molecule has 0 aliphatic rings. The predicted octanol–water partition coefficient (Wildman–Crippen LogP) is 3.97. The van der Waals surface area contributed by atoms with Gasteiger partial charge in [-0.05, 0) is 48.7 Å². The van der Waals surface area contributed by atoms with Crippen LogP contribution in [0.4, 0.5) is 0 Å². The van der Waals surface area contributed by atoms with Gasteiger partial charge in [-0.1, -0.05) is 63.4 Å². The predicted molar refractivity (Wildman–Crippen MR) is 171 cm³/mol. The topological polar surface area (TPSA) is 179 Å². The zero-order chi connectivity index (χ0) is 34.2. The Hall–Kier alpha value is -5.17. The summed E-state index contributed by atoms with van der Waals surface area (Å²) in [5.74, 6) is -2.49. The van der Waals surface area contributed by atoms with Gasteiger partial charge >= 0.3 is 5.97 Å². The number of carbonyl (C=O) groups is 5. The normalized spacial score (nSPS) is 12.0. The fraction of sp³-hybridized carbons (Fsp3) is 0.382. The van der Waals surface area contributed by atoms with E-state index in [1.807, 2.05) is 37.3 Å². The maximum Gasteiger partial charge on any atom is 0.338 e. The van der Waals surface area contributed by atoms with Gasteiger partial charge in [-0.3, -0.25) is 24.0 Å². The van der Waals surface area contributed by atoms with E-state index in [2.05, 4.69) is 17.6 Å². The summed E-state index contributed by atoms with van der Waals surface area (Å²) in [6, 6.07) is 16.3. The summed E-state index contributed by atoms with van der Waals surface area (Å²) in [7, 11) is 1.22. The van der Waals surface area contributed by atoms with E-state index < -0.39 is 36.4 Å². The van der Waals surface area contributed by atoms with Gasteiger partial charge in [0.2, 0.25) is 12.3 Å². The van der Waals surface area contributed by atoms with Crippen molar-refractivity contribution in [2.75, 3.05) is 20.4 Å². The zero-order valence-electron chi connectivity index (χ0n) is 26.9. The first-order valence-corrected chi connectivity index (χ1v) is 15.4. The number of carbonyl (C=O) groups excluding carboxylic acids is 5. The largest absolute Gasteiger partial charge is 0.484 e. The molecule has 0 fully saturated rings. The molecule has 0 aliphatic heterocycles. The molecule has 2 atom stereocenters. The lowest BCUT2D eigenvalue weighted by atomic mass is 9.90. The number of hydrogen-bond acceptors (Lipinski definition) is 9. The van der Waals surface area contributed by atoms with E-state index >= 15 is 0 Å². The minimum Gasteiger partial charge on any atom is -0.484 e. The molecule has 3 rings (SSSR count). The Labute approximate surface area is 273 Å². The number of hydrogen-bond donors (Lipinski definition) is 3. The number of benzene rings is 2. The molecule has 4 amide bonds. The van der Waals surface area contributed by atoms with Gasteiger partial charge in [0.25, 0.3) is 11.8 Å². The Bertz CT molecular complexity index is 1490. The molecular formula is C34H42N4O9. The minimum atomic E-state index is -0.700. The van der Waals surface area contributed by atoms with Crippen LogP contribution < -0.4 is 21.1 Å². The number of ether oxygens (including phenoxy) is 2. The summed E-state index contributed by atoms with van der Waals surface area (Å²) in [5.41, 5.74) is 6.56. The van der Waals surface area contributed by atoms with Crippen molar-refractivity contribution in [2.24, 2.45) is 11.7 Å². The lowest BCUT2D eigenvalue weighted by Gasteiger charge is -2.32. The number of nitrogens with one attached hydrogen (secondary N) is 2. The van der Waals surface area contributed by atoms with E-state index in [9.17, 15) is 24.0 Å². The van der Waals surface area contributed by atoms with Crippen LogP contribution in [-0.4, -0.2) is 61.6 Å². The van der Waals surface area contributed by atoms with Crippen molar-refractivity contribution in [1.82, 2.24) is 15.7 Å². The van der Waals surface area contributed by atoms with Gasteiger partial charge < -0.3 is 30.3 Å². The number of primary amides is 1. The molecule has 0 aliphatic carbocycles. The summed E-state index contributed by atoms with van der Waals surface area (Å²) < 4.78 is 15.9. The Morgan fingerprint density at radius 3 is 2.43 bits per heavy atom. The molecule has 13 nitrogen and oxygen atoms in total. The second-order valence-corrected chi connectivity index (χ2v) is 10.7. The van der Waals surface area contributed by atoms with E-state index in [4.69, 9.17) is 24.5 Å². The number of esters is 1. The number of amides is 4. The van der Waals surface area contributed by atoms with Gasteiger partial charge in [0.15, 0.2) is 12.4 Å². The summed E-state index contributed by atoms with van der Waals surface area (Å²) in [4.78, 5) is 67.5. The molecule has 0 saturated heterocycles. The first-order valence-electron chi connectivity index (χ1n) is 15.4. The van der Waals surface area contributed by atoms with Crippen LogP contribution >= 0.6 is 0 Å². The van der Waals surface area contributed by atoms with Gasteiger partial charge in [-0.2, -0.15) is 0 Å². The molecule has 3 aromatic rings. The van der Waals surface area contributed by atoms with Crippen LogP contribution in [0.2, 0.25) is 0 Å². The molecule has 252 valence electrons. The third-order valence-electron chi connectivity index (χ3n) is 7.33. The Morgan fingerprint density at radius 1 is 1.00 bits per heavy atom. The number of nitrogens with two attached hydrogens (primary N) is 1. The Balaban J connectivity index is 1.67. The van der Waals surface area contributed by atoms with Crippen molar-refractivity contribution >= 4 is 30.1 Å². The SMILES string of the molecule is CCCCCC(C(=O)NCNC(=O)c1ccc(-c2cc(OCC(N)=O)cc(C(=O)OC)c2)o1)[C@@H](CC)N(C=O)OCc1ccccc1. The molecule has 4 N–H and O–H groups in total. The maximum absolute atomic E-state index is 13.4. The monoisotopic (exact) mass is 650 g/mol. The molecule has 0 saturated carbocycles. The third kappa shape index (κ3) is 11.0. The Morgan fingerprint density at radius 2 is 1.77 bits per heavy atom. The molecule has 13 heteroatoms. The van der Waals surface area contributed by atoms with Crippen LogP contribution in [0.15, 0.2) is 65.1 Å². The number of unbranched alkanes of at least 4 members (excludes halogenated alkanes) is 2. The quantitative estimate of drug-likeness (QED) is 0.0536. The van der Waals surface area contributed by atoms with E-state index in [0.29, 0.717) is 24.8 Å². The number of rotatable bonds is 20. The second kappa shape index (κ2) is 18.7. The molecule has 1 heterocycles. The first-order chi connectivity index (χ1) is 22.7. The maximum atomic E-state index is 13.4. The van der Waals surface area contributed by atoms with Crippen LogP contribution in [0.25, 0.3) is 11.3 Å². The summed E-state index contributed by atoms with van der Waals surface area (Å²) >= 11 is 0. The molecule has 2 aromatic carbocycles. The van der Waals surface area contributed by atoms with E-state index in [0.717, 1.165) is 24.8 Å². The van der Waals surface area contributed by atoms with Crippen molar-refractivity contribution in [1.29, 1.82) is 0 Å². The molecule has 47 heavy (non-hydrogen) atoms.